The topological polar surface area (TPSA) is 22.0 Å². The fraction of sp³-hybridized carbons (Fsp3) is 0. The normalized spacial score (nSPS) is 10.8. The summed E-state index contributed by atoms with van der Waals surface area (Å²) < 4.78 is 3.18. The van der Waals surface area contributed by atoms with Crippen molar-refractivity contribution in [2.24, 2.45) is 0 Å². The van der Waals surface area contributed by atoms with Crippen molar-refractivity contribution in [1.29, 1.82) is 0 Å². The van der Waals surface area contributed by atoms with Gasteiger partial charge >= 0.3 is 103 Å². The van der Waals surface area contributed by atoms with Crippen LogP contribution in [0.4, 0.5) is 0 Å². The van der Waals surface area contributed by atoms with Crippen molar-refractivity contribution in [2.75, 3.05) is 0 Å². The fourth-order valence-corrected chi connectivity index (χ4v) is 4.55. The number of benzene rings is 2. The fourth-order valence-electron chi connectivity index (χ4n) is 1.71. The maximum absolute atomic E-state index is 12.2. The van der Waals surface area contributed by atoms with Gasteiger partial charge in [0.25, 0.3) is 0 Å². The zero-order valence-corrected chi connectivity index (χ0v) is 10.8. The van der Waals surface area contributed by atoms with Crippen LogP contribution in [0.25, 0.3) is 14.5 Å². The molecule has 0 unspecified atom stereocenters. The number of rotatable bonds is 1. The Hall–Kier alpha value is -1.30. The Labute approximate surface area is 103 Å². The minimum absolute atomic E-state index is 0.157. The van der Waals surface area contributed by atoms with E-state index in [0.29, 0.717) is 0 Å². The van der Waals surface area contributed by atoms with Crippen LogP contribution in [0.15, 0.2) is 59.4 Å². The molecule has 0 aliphatic heterocycles. The molecule has 3 aromatic rings. The summed E-state index contributed by atoms with van der Waals surface area (Å²) >= 11 is -0.571. The first kappa shape index (κ1) is 9.89. The summed E-state index contributed by atoms with van der Waals surface area (Å²) in [7, 11) is 0. The third-order valence-electron chi connectivity index (χ3n) is 2.48. The molecule has 0 aliphatic rings. The monoisotopic (exact) mass is 325 g/mol. The summed E-state index contributed by atoms with van der Waals surface area (Å²) in [6, 6.07) is 17.8. The first-order valence-electron chi connectivity index (χ1n) is 5.03. The van der Waals surface area contributed by atoms with Crippen LogP contribution < -0.4 is 5.56 Å². The molecule has 0 atom stereocenters. The van der Waals surface area contributed by atoms with Gasteiger partial charge in [0.1, 0.15) is 0 Å². The molecule has 16 heavy (non-hydrogen) atoms. The van der Waals surface area contributed by atoms with Crippen LogP contribution in [0.2, 0.25) is 0 Å². The number of nitrogens with zero attached hydrogens (tertiary/aromatic N) is 1. The third kappa shape index (κ3) is 1.53. The van der Waals surface area contributed by atoms with Gasteiger partial charge in [-0.05, 0) is 0 Å². The van der Waals surface area contributed by atoms with E-state index in [4.69, 9.17) is 0 Å². The van der Waals surface area contributed by atoms with Gasteiger partial charge in [-0.15, -0.1) is 0 Å². The van der Waals surface area contributed by atoms with Crippen LogP contribution >= 0.6 is 0 Å². The molecule has 2 aromatic carbocycles. The first-order valence-corrected chi connectivity index (χ1v) is 7.23. The van der Waals surface area contributed by atoms with Crippen LogP contribution in [0.3, 0.4) is 0 Å². The summed E-state index contributed by atoms with van der Waals surface area (Å²) in [5, 5.41) is 0.883. The zero-order chi connectivity index (χ0) is 11.0. The van der Waals surface area contributed by atoms with E-state index in [2.05, 4.69) is 6.07 Å². The zero-order valence-electron chi connectivity index (χ0n) is 8.46. The SMILES string of the molecule is O=c1c2ccccc2[te]n1-c1ccccc1. The number of para-hydroxylation sites is 1. The van der Waals surface area contributed by atoms with Crippen LogP contribution in [0.5, 0.6) is 0 Å². The van der Waals surface area contributed by atoms with Crippen molar-refractivity contribution >= 4 is 29.5 Å². The number of hydrogen-bond acceptors (Lipinski definition) is 1. The predicted octanol–water partition coefficient (Wildman–Crippen LogP) is 2.05. The van der Waals surface area contributed by atoms with E-state index in [9.17, 15) is 4.79 Å². The molecule has 0 radical (unpaired) electrons. The molecule has 0 amide bonds. The molecular formula is C13H9NOTe. The molecule has 0 saturated carbocycles. The van der Waals surface area contributed by atoms with E-state index in [-0.39, 0.29) is 5.56 Å². The Morgan fingerprint density at radius 3 is 2.31 bits per heavy atom. The Kier molecular flexibility index (Phi) is 2.43. The summed E-state index contributed by atoms with van der Waals surface area (Å²) in [6.07, 6.45) is 0. The average Bonchev–Trinajstić information content (AvgIpc) is 2.69. The van der Waals surface area contributed by atoms with E-state index in [0.717, 1.165) is 11.1 Å². The quantitative estimate of drug-likeness (QED) is 0.629. The summed E-state index contributed by atoms with van der Waals surface area (Å²) in [5.41, 5.74) is 1.18. The van der Waals surface area contributed by atoms with Gasteiger partial charge in [0.2, 0.25) is 0 Å². The van der Waals surface area contributed by atoms with Crippen molar-refractivity contribution in [3.8, 4) is 5.69 Å². The number of aromatic nitrogens is 1. The minimum atomic E-state index is -0.571. The van der Waals surface area contributed by atoms with Crippen molar-refractivity contribution in [2.45, 2.75) is 0 Å². The molecule has 0 fully saturated rings. The van der Waals surface area contributed by atoms with E-state index < -0.39 is 20.7 Å². The van der Waals surface area contributed by atoms with Crippen LogP contribution in [-0.2, 0) is 0 Å². The number of hydrogen-bond donors (Lipinski definition) is 0. The molecule has 78 valence electrons. The Balaban J connectivity index is 2.34. The Bertz CT molecular complexity index is 682. The van der Waals surface area contributed by atoms with Crippen molar-refractivity contribution in [1.82, 2.24) is 2.79 Å². The summed E-state index contributed by atoms with van der Waals surface area (Å²) in [4.78, 5) is 12.2. The second kappa shape index (κ2) is 3.93. The second-order valence-corrected chi connectivity index (χ2v) is 6.34. The predicted molar refractivity (Wildman–Crippen MR) is 66.5 cm³/mol. The molecule has 1 aromatic heterocycles. The molecule has 0 N–H and O–H groups in total. The first-order chi connectivity index (χ1) is 7.86. The van der Waals surface area contributed by atoms with Gasteiger partial charge in [-0.25, -0.2) is 0 Å². The van der Waals surface area contributed by atoms with E-state index >= 15 is 0 Å². The molecule has 0 spiro atoms. The molecule has 3 heteroatoms. The second-order valence-electron chi connectivity index (χ2n) is 3.52. The Morgan fingerprint density at radius 2 is 1.56 bits per heavy atom. The molecule has 0 saturated heterocycles. The van der Waals surface area contributed by atoms with Gasteiger partial charge in [0.15, 0.2) is 0 Å². The molecule has 3 rings (SSSR count). The van der Waals surface area contributed by atoms with Gasteiger partial charge in [0, 0.05) is 0 Å². The average molecular weight is 323 g/mol. The molecule has 0 aliphatic carbocycles. The third-order valence-corrected chi connectivity index (χ3v) is 5.66. The van der Waals surface area contributed by atoms with Gasteiger partial charge in [-0.1, -0.05) is 0 Å². The van der Waals surface area contributed by atoms with Crippen molar-refractivity contribution < 1.29 is 0 Å². The van der Waals surface area contributed by atoms with Crippen LogP contribution in [0, 0.1) is 0 Å². The molecule has 0 bridgehead atoms. The van der Waals surface area contributed by atoms with Gasteiger partial charge in [-0.2, -0.15) is 0 Å². The van der Waals surface area contributed by atoms with E-state index in [1.807, 2.05) is 51.3 Å². The van der Waals surface area contributed by atoms with E-state index in [1.54, 1.807) is 0 Å². The van der Waals surface area contributed by atoms with Crippen molar-refractivity contribution in [3.05, 3.63) is 65.0 Å². The summed E-state index contributed by atoms with van der Waals surface area (Å²) in [5.74, 6) is 0. The van der Waals surface area contributed by atoms with Gasteiger partial charge in [-0.3, -0.25) is 0 Å². The molecular weight excluding hydrogens is 314 g/mol. The van der Waals surface area contributed by atoms with E-state index in [1.165, 1.54) is 3.40 Å². The standard InChI is InChI=1S/C13H9NOTe/c15-13-11-8-4-5-9-12(11)16-14(13)10-6-2-1-3-7-10/h1-9H. The van der Waals surface area contributed by atoms with Crippen LogP contribution in [-0.4, -0.2) is 23.5 Å². The van der Waals surface area contributed by atoms with Crippen LogP contribution in [0.1, 0.15) is 0 Å². The number of fused-ring (bicyclic) bond motifs is 1. The molecule has 1 heterocycles. The molecule has 2 nitrogen and oxygen atoms in total. The Morgan fingerprint density at radius 1 is 0.875 bits per heavy atom. The van der Waals surface area contributed by atoms with Gasteiger partial charge in [0.05, 0.1) is 0 Å². The summed E-state index contributed by atoms with van der Waals surface area (Å²) in [6.45, 7) is 0. The van der Waals surface area contributed by atoms with Crippen molar-refractivity contribution in [3.63, 3.8) is 0 Å². The maximum atomic E-state index is 12.2. The van der Waals surface area contributed by atoms with Gasteiger partial charge < -0.3 is 0 Å².